The lowest BCUT2D eigenvalue weighted by molar-refractivity contribution is -0.384. The number of benzene rings is 1. The van der Waals surface area contributed by atoms with Gasteiger partial charge in [0.25, 0.3) is 5.69 Å². The third kappa shape index (κ3) is 3.23. The molecule has 20 heavy (non-hydrogen) atoms. The van der Waals surface area contributed by atoms with Crippen LogP contribution < -0.4 is 5.32 Å². The van der Waals surface area contributed by atoms with Gasteiger partial charge in [0.05, 0.1) is 26.7 Å². The highest BCUT2D eigenvalue weighted by atomic mass is 35.5. The number of nitrogens with one attached hydrogen (secondary N) is 1. The Balaban J connectivity index is 2.27. The molecule has 0 spiro atoms. The molecule has 2 aromatic rings. The second kappa shape index (κ2) is 5.99. The Bertz CT molecular complexity index is 635. The highest BCUT2D eigenvalue weighted by molar-refractivity contribution is 7.12. The van der Waals surface area contributed by atoms with E-state index in [9.17, 15) is 10.1 Å². The second-order valence-electron chi connectivity index (χ2n) is 4.36. The van der Waals surface area contributed by atoms with Gasteiger partial charge in [-0.1, -0.05) is 23.2 Å². The van der Waals surface area contributed by atoms with Crippen LogP contribution in [0.4, 0.5) is 11.4 Å². The van der Waals surface area contributed by atoms with Gasteiger partial charge in [0.1, 0.15) is 0 Å². The first kappa shape index (κ1) is 15.1. The van der Waals surface area contributed by atoms with Crippen LogP contribution >= 0.6 is 34.5 Å². The molecular weight excluding hydrogens is 319 g/mol. The van der Waals surface area contributed by atoms with Gasteiger partial charge in [0.2, 0.25) is 0 Å². The third-order valence-corrected chi connectivity index (χ3v) is 4.57. The molecule has 0 fully saturated rings. The zero-order chi connectivity index (χ0) is 14.9. The minimum absolute atomic E-state index is 0.0187. The van der Waals surface area contributed by atoms with Gasteiger partial charge in [-0.2, -0.15) is 0 Å². The molecule has 0 aliphatic rings. The molecule has 0 amide bonds. The van der Waals surface area contributed by atoms with Crippen LogP contribution in [0.5, 0.6) is 0 Å². The van der Waals surface area contributed by atoms with E-state index in [0.717, 1.165) is 4.88 Å². The Morgan fingerprint density at radius 2 is 1.90 bits per heavy atom. The van der Waals surface area contributed by atoms with E-state index in [1.54, 1.807) is 11.3 Å². The average Bonchev–Trinajstić information content (AvgIpc) is 2.80. The summed E-state index contributed by atoms with van der Waals surface area (Å²) in [5, 5.41) is 14.4. The first-order chi connectivity index (χ1) is 9.38. The van der Waals surface area contributed by atoms with E-state index in [-0.39, 0.29) is 21.8 Å². The van der Waals surface area contributed by atoms with Gasteiger partial charge in [-0.25, -0.2) is 0 Å². The lowest BCUT2D eigenvalue weighted by Crippen LogP contribution is -2.06. The molecule has 0 saturated heterocycles. The van der Waals surface area contributed by atoms with E-state index in [1.807, 2.05) is 26.0 Å². The molecule has 1 N–H and O–H groups in total. The van der Waals surface area contributed by atoms with E-state index >= 15 is 0 Å². The number of nitro benzene ring substituents is 1. The highest BCUT2D eigenvalue weighted by Crippen LogP contribution is 2.37. The van der Waals surface area contributed by atoms with Crippen molar-refractivity contribution in [3.8, 4) is 0 Å². The van der Waals surface area contributed by atoms with E-state index in [4.69, 9.17) is 23.2 Å². The van der Waals surface area contributed by atoms with Crippen molar-refractivity contribution < 1.29 is 4.92 Å². The number of hydrogen-bond acceptors (Lipinski definition) is 4. The number of thiophene rings is 1. The van der Waals surface area contributed by atoms with Gasteiger partial charge >= 0.3 is 0 Å². The van der Waals surface area contributed by atoms with Crippen molar-refractivity contribution in [1.29, 1.82) is 0 Å². The summed E-state index contributed by atoms with van der Waals surface area (Å²) in [5.74, 6) is 0. The van der Waals surface area contributed by atoms with Gasteiger partial charge < -0.3 is 5.32 Å². The quantitative estimate of drug-likeness (QED) is 0.599. The first-order valence-corrected chi connectivity index (χ1v) is 7.42. The molecular formula is C13H12Cl2N2O2S. The minimum Gasteiger partial charge on any atom is -0.375 e. The fraction of sp³-hybridized carbons (Fsp3) is 0.231. The average molecular weight is 331 g/mol. The summed E-state index contributed by atoms with van der Waals surface area (Å²) in [6, 6.07) is 6.68. The SMILES string of the molecule is Cc1ccc(C(C)Nc2c(Cl)cc([N+](=O)[O-])cc2Cl)s1. The van der Waals surface area contributed by atoms with Crippen LogP contribution in [-0.2, 0) is 0 Å². The number of halogens is 2. The summed E-state index contributed by atoms with van der Waals surface area (Å²) in [5.41, 5.74) is 0.391. The number of anilines is 1. The number of nitrogens with zero attached hydrogens (tertiary/aromatic N) is 1. The Hall–Kier alpha value is -1.30. The maximum atomic E-state index is 10.7. The molecule has 0 radical (unpaired) electrons. The van der Waals surface area contributed by atoms with Gasteiger partial charge in [0, 0.05) is 21.9 Å². The van der Waals surface area contributed by atoms with Crippen LogP contribution in [0.3, 0.4) is 0 Å². The van der Waals surface area contributed by atoms with Gasteiger partial charge in [-0.05, 0) is 26.0 Å². The Morgan fingerprint density at radius 1 is 1.30 bits per heavy atom. The maximum absolute atomic E-state index is 10.7. The van der Waals surface area contributed by atoms with Crippen LogP contribution in [0.15, 0.2) is 24.3 Å². The Labute approximate surface area is 130 Å². The molecule has 0 aliphatic carbocycles. The molecule has 1 aromatic heterocycles. The number of non-ortho nitro benzene ring substituents is 1. The zero-order valence-corrected chi connectivity index (χ0v) is 13.1. The van der Waals surface area contributed by atoms with Crippen LogP contribution in [0, 0.1) is 17.0 Å². The van der Waals surface area contributed by atoms with Gasteiger partial charge in [-0.3, -0.25) is 10.1 Å². The van der Waals surface area contributed by atoms with E-state index < -0.39 is 4.92 Å². The molecule has 1 atom stereocenters. The summed E-state index contributed by atoms with van der Waals surface area (Å²) < 4.78 is 0. The highest BCUT2D eigenvalue weighted by Gasteiger charge is 2.17. The summed E-state index contributed by atoms with van der Waals surface area (Å²) in [7, 11) is 0. The third-order valence-electron chi connectivity index (χ3n) is 2.79. The zero-order valence-electron chi connectivity index (χ0n) is 10.8. The smallest absolute Gasteiger partial charge is 0.272 e. The maximum Gasteiger partial charge on any atom is 0.272 e. The fourth-order valence-electron chi connectivity index (χ4n) is 1.78. The van der Waals surface area contributed by atoms with Crippen LogP contribution in [0.2, 0.25) is 10.0 Å². The van der Waals surface area contributed by atoms with E-state index in [1.165, 1.54) is 17.0 Å². The largest absolute Gasteiger partial charge is 0.375 e. The normalized spacial score (nSPS) is 12.2. The topological polar surface area (TPSA) is 55.2 Å². The monoisotopic (exact) mass is 330 g/mol. The molecule has 0 saturated carbocycles. The van der Waals surface area contributed by atoms with Crippen molar-refractivity contribution in [3.05, 3.63) is 54.2 Å². The molecule has 1 unspecified atom stereocenters. The minimum atomic E-state index is -0.520. The second-order valence-corrected chi connectivity index (χ2v) is 6.49. The summed E-state index contributed by atoms with van der Waals surface area (Å²) >= 11 is 13.8. The number of rotatable bonds is 4. The predicted molar refractivity (Wildman–Crippen MR) is 84.2 cm³/mol. The molecule has 1 heterocycles. The van der Waals surface area contributed by atoms with Crippen molar-refractivity contribution in [2.45, 2.75) is 19.9 Å². The van der Waals surface area contributed by atoms with E-state index in [2.05, 4.69) is 5.32 Å². The van der Waals surface area contributed by atoms with Crippen molar-refractivity contribution in [3.63, 3.8) is 0 Å². The predicted octanol–water partition coefficient (Wildman–Crippen LogP) is 5.44. The molecule has 1 aromatic carbocycles. The molecule has 0 bridgehead atoms. The van der Waals surface area contributed by atoms with Gasteiger partial charge in [0.15, 0.2) is 0 Å². The first-order valence-electron chi connectivity index (χ1n) is 5.85. The molecule has 7 heteroatoms. The number of nitro groups is 1. The molecule has 2 rings (SSSR count). The van der Waals surface area contributed by atoms with Crippen molar-refractivity contribution in [2.24, 2.45) is 0 Å². The van der Waals surface area contributed by atoms with Crippen LogP contribution in [-0.4, -0.2) is 4.92 Å². The summed E-state index contributed by atoms with van der Waals surface area (Å²) in [6.07, 6.45) is 0. The Kier molecular flexibility index (Phi) is 4.52. The van der Waals surface area contributed by atoms with E-state index in [0.29, 0.717) is 5.69 Å². The standard InChI is InChI=1S/C13H12Cl2N2O2S/c1-7-3-4-12(20-7)8(2)16-13-10(14)5-9(17(18)19)6-11(13)15/h3-6,8,16H,1-2H3. The van der Waals surface area contributed by atoms with Crippen molar-refractivity contribution in [2.75, 3.05) is 5.32 Å². The summed E-state index contributed by atoms with van der Waals surface area (Å²) in [4.78, 5) is 12.6. The Morgan fingerprint density at radius 3 is 2.35 bits per heavy atom. The van der Waals surface area contributed by atoms with Gasteiger partial charge in [-0.15, -0.1) is 11.3 Å². The van der Waals surface area contributed by atoms with Crippen molar-refractivity contribution in [1.82, 2.24) is 0 Å². The fourth-order valence-corrected chi connectivity index (χ4v) is 3.24. The molecule has 106 valence electrons. The number of hydrogen-bond donors (Lipinski definition) is 1. The molecule has 4 nitrogen and oxygen atoms in total. The van der Waals surface area contributed by atoms with Crippen LogP contribution in [0.25, 0.3) is 0 Å². The van der Waals surface area contributed by atoms with Crippen molar-refractivity contribution >= 4 is 45.9 Å². The molecule has 0 aliphatic heterocycles. The summed E-state index contributed by atoms with van der Waals surface area (Å²) in [6.45, 7) is 4.02. The lowest BCUT2D eigenvalue weighted by atomic mass is 10.2. The van der Waals surface area contributed by atoms with Crippen LogP contribution in [0.1, 0.15) is 22.7 Å². The lowest BCUT2D eigenvalue weighted by Gasteiger charge is -2.16. The number of aryl methyl sites for hydroxylation is 1.